The minimum atomic E-state index is -1.37. The van der Waals surface area contributed by atoms with Crippen LogP contribution in [0.15, 0.2) is 18.2 Å². The van der Waals surface area contributed by atoms with Crippen molar-refractivity contribution in [3.05, 3.63) is 29.6 Å². The monoisotopic (exact) mass is 240 g/mol. The topological polar surface area (TPSA) is 83.6 Å². The molecule has 0 heterocycles. The Morgan fingerprint density at radius 1 is 1.47 bits per heavy atom. The molecule has 0 unspecified atom stereocenters. The summed E-state index contributed by atoms with van der Waals surface area (Å²) in [5, 5.41) is 8.94. The Morgan fingerprint density at radius 2 is 2.12 bits per heavy atom. The van der Waals surface area contributed by atoms with Gasteiger partial charge in [-0.1, -0.05) is 6.07 Å². The summed E-state index contributed by atoms with van der Waals surface area (Å²) >= 11 is 0. The Hall–Kier alpha value is -2.11. The zero-order valence-corrected chi connectivity index (χ0v) is 9.31. The summed E-state index contributed by atoms with van der Waals surface area (Å²) in [6.07, 6.45) is 0. The number of amides is 1. The summed E-state index contributed by atoms with van der Waals surface area (Å²) in [4.78, 5) is 23.2. The summed E-state index contributed by atoms with van der Waals surface area (Å²) in [5.74, 6) is -2.81. The first kappa shape index (κ1) is 13.0. The molecule has 0 fully saturated rings. The van der Waals surface area contributed by atoms with Gasteiger partial charge in [0.2, 0.25) is 5.91 Å². The summed E-state index contributed by atoms with van der Waals surface area (Å²) in [6, 6.07) is 3.89. The van der Waals surface area contributed by atoms with Crippen molar-refractivity contribution in [3.63, 3.8) is 0 Å². The van der Waals surface area contributed by atoms with Gasteiger partial charge in [0.15, 0.2) is 0 Å². The summed E-state index contributed by atoms with van der Waals surface area (Å²) in [7, 11) is 0. The molecule has 0 radical (unpaired) electrons. The maximum Gasteiger partial charge on any atom is 0.340 e. The molecule has 1 aromatic carbocycles. The zero-order valence-electron chi connectivity index (χ0n) is 9.31. The van der Waals surface area contributed by atoms with Gasteiger partial charge in [-0.15, -0.1) is 0 Å². The number of rotatable bonds is 5. The largest absolute Gasteiger partial charge is 0.478 e. The molecule has 5 nitrogen and oxygen atoms in total. The SMILES string of the molecule is CCN(CC(N)=O)c1cccc(F)c1C(=O)O. The quantitative estimate of drug-likeness (QED) is 0.798. The number of hydrogen-bond donors (Lipinski definition) is 2. The highest BCUT2D eigenvalue weighted by molar-refractivity contribution is 5.95. The number of anilines is 1. The van der Waals surface area contributed by atoms with E-state index in [4.69, 9.17) is 10.8 Å². The lowest BCUT2D eigenvalue weighted by Crippen LogP contribution is -2.34. The van der Waals surface area contributed by atoms with Crippen LogP contribution in [0.3, 0.4) is 0 Å². The van der Waals surface area contributed by atoms with Crippen molar-refractivity contribution in [1.82, 2.24) is 0 Å². The molecule has 6 heteroatoms. The van der Waals surface area contributed by atoms with E-state index in [1.165, 1.54) is 17.0 Å². The van der Waals surface area contributed by atoms with Crippen LogP contribution in [-0.2, 0) is 4.79 Å². The molecule has 3 N–H and O–H groups in total. The Labute approximate surface area is 97.6 Å². The van der Waals surface area contributed by atoms with Crippen LogP contribution in [0, 0.1) is 5.82 Å². The van der Waals surface area contributed by atoms with Crippen molar-refractivity contribution in [2.75, 3.05) is 18.0 Å². The van der Waals surface area contributed by atoms with Gasteiger partial charge in [0.05, 0.1) is 12.2 Å². The minimum absolute atomic E-state index is 0.152. The maximum absolute atomic E-state index is 13.4. The number of carboxylic acid groups (broad SMARTS) is 1. The predicted molar refractivity (Wildman–Crippen MR) is 60.4 cm³/mol. The lowest BCUT2D eigenvalue weighted by atomic mass is 10.1. The fraction of sp³-hybridized carbons (Fsp3) is 0.273. The number of primary amides is 1. The second-order valence-corrected chi connectivity index (χ2v) is 3.42. The van der Waals surface area contributed by atoms with Crippen molar-refractivity contribution in [1.29, 1.82) is 0 Å². The van der Waals surface area contributed by atoms with Crippen LogP contribution >= 0.6 is 0 Å². The van der Waals surface area contributed by atoms with Crippen LogP contribution < -0.4 is 10.6 Å². The molecular formula is C11H13FN2O3. The van der Waals surface area contributed by atoms with Gasteiger partial charge >= 0.3 is 5.97 Å². The first-order valence-corrected chi connectivity index (χ1v) is 5.02. The molecule has 1 rings (SSSR count). The van der Waals surface area contributed by atoms with Gasteiger partial charge in [0.25, 0.3) is 0 Å². The number of carboxylic acids is 1. The van der Waals surface area contributed by atoms with Gasteiger partial charge in [-0.2, -0.15) is 0 Å². The average Bonchev–Trinajstić information content (AvgIpc) is 2.24. The van der Waals surface area contributed by atoms with E-state index in [9.17, 15) is 14.0 Å². The van der Waals surface area contributed by atoms with E-state index >= 15 is 0 Å². The third-order valence-electron chi connectivity index (χ3n) is 2.27. The molecule has 92 valence electrons. The number of nitrogens with zero attached hydrogens (tertiary/aromatic N) is 1. The standard InChI is InChI=1S/C11H13FN2O3/c1-2-14(6-9(13)15)8-5-3-4-7(12)10(8)11(16)17/h3-5H,2,6H2,1H3,(H2,13,15)(H,16,17). The van der Waals surface area contributed by atoms with Crippen LogP contribution in [0.25, 0.3) is 0 Å². The van der Waals surface area contributed by atoms with Crippen molar-refractivity contribution >= 4 is 17.6 Å². The number of likely N-dealkylation sites (N-methyl/N-ethyl adjacent to an activating group) is 1. The zero-order chi connectivity index (χ0) is 13.0. The normalized spacial score (nSPS) is 10.0. The van der Waals surface area contributed by atoms with Gasteiger partial charge in [-0.05, 0) is 19.1 Å². The lowest BCUT2D eigenvalue weighted by molar-refractivity contribution is -0.116. The first-order valence-electron chi connectivity index (χ1n) is 5.02. The van der Waals surface area contributed by atoms with E-state index in [1.807, 2.05) is 0 Å². The van der Waals surface area contributed by atoms with Gasteiger partial charge < -0.3 is 15.7 Å². The third-order valence-corrected chi connectivity index (χ3v) is 2.27. The molecule has 0 aliphatic heterocycles. The Morgan fingerprint density at radius 3 is 2.59 bits per heavy atom. The fourth-order valence-electron chi connectivity index (χ4n) is 1.54. The molecule has 0 bridgehead atoms. The molecular weight excluding hydrogens is 227 g/mol. The Kier molecular flexibility index (Phi) is 4.03. The summed E-state index contributed by atoms with van der Waals surface area (Å²) in [5.41, 5.74) is 4.75. The van der Waals surface area contributed by atoms with E-state index in [-0.39, 0.29) is 12.2 Å². The summed E-state index contributed by atoms with van der Waals surface area (Å²) < 4.78 is 13.4. The van der Waals surface area contributed by atoms with Gasteiger partial charge in [0, 0.05) is 6.54 Å². The summed E-state index contributed by atoms with van der Waals surface area (Å²) in [6.45, 7) is 1.92. The van der Waals surface area contributed by atoms with Crippen molar-refractivity contribution < 1.29 is 19.1 Å². The third kappa shape index (κ3) is 2.93. The minimum Gasteiger partial charge on any atom is -0.478 e. The van der Waals surface area contributed by atoms with Crippen molar-refractivity contribution in [2.45, 2.75) is 6.92 Å². The number of halogens is 1. The number of benzene rings is 1. The number of carbonyl (C=O) groups is 2. The second kappa shape index (κ2) is 5.29. The van der Waals surface area contributed by atoms with E-state index < -0.39 is 23.3 Å². The highest BCUT2D eigenvalue weighted by atomic mass is 19.1. The maximum atomic E-state index is 13.4. The van der Waals surface area contributed by atoms with E-state index in [0.29, 0.717) is 6.54 Å². The number of aromatic carboxylic acids is 1. The van der Waals surface area contributed by atoms with Gasteiger partial charge in [0.1, 0.15) is 11.4 Å². The Bertz CT molecular complexity index is 448. The van der Waals surface area contributed by atoms with Crippen LogP contribution in [-0.4, -0.2) is 30.1 Å². The van der Waals surface area contributed by atoms with Crippen LogP contribution in [0.2, 0.25) is 0 Å². The highest BCUT2D eigenvalue weighted by Crippen LogP contribution is 2.23. The fourth-order valence-corrected chi connectivity index (χ4v) is 1.54. The Balaban J connectivity index is 3.23. The molecule has 1 aromatic rings. The molecule has 0 aromatic heterocycles. The average molecular weight is 240 g/mol. The predicted octanol–water partition coefficient (Wildman–Crippen LogP) is 0.835. The molecule has 0 atom stereocenters. The second-order valence-electron chi connectivity index (χ2n) is 3.42. The van der Waals surface area contributed by atoms with E-state index in [1.54, 1.807) is 6.92 Å². The molecule has 0 aliphatic carbocycles. The van der Waals surface area contributed by atoms with Crippen LogP contribution in [0.5, 0.6) is 0 Å². The first-order chi connectivity index (χ1) is 7.97. The van der Waals surface area contributed by atoms with Crippen molar-refractivity contribution in [2.24, 2.45) is 5.73 Å². The number of hydrogen-bond acceptors (Lipinski definition) is 3. The molecule has 0 saturated heterocycles. The smallest absolute Gasteiger partial charge is 0.340 e. The van der Waals surface area contributed by atoms with Crippen molar-refractivity contribution in [3.8, 4) is 0 Å². The molecule has 0 aliphatic rings. The lowest BCUT2D eigenvalue weighted by Gasteiger charge is -2.23. The molecule has 1 amide bonds. The number of nitrogens with two attached hydrogens (primary N) is 1. The molecule has 0 saturated carbocycles. The molecule has 17 heavy (non-hydrogen) atoms. The highest BCUT2D eigenvalue weighted by Gasteiger charge is 2.20. The number of carbonyl (C=O) groups excluding carboxylic acids is 1. The van der Waals surface area contributed by atoms with Crippen LogP contribution in [0.1, 0.15) is 17.3 Å². The van der Waals surface area contributed by atoms with E-state index in [0.717, 1.165) is 6.07 Å². The van der Waals surface area contributed by atoms with Crippen LogP contribution in [0.4, 0.5) is 10.1 Å². The van der Waals surface area contributed by atoms with Gasteiger partial charge in [-0.3, -0.25) is 4.79 Å². The van der Waals surface area contributed by atoms with E-state index in [2.05, 4.69) is 0 Å². The van der Waals surface area contributed by atoms with Gasteiger partial charge in [-0.25, -0.2) is 9.18 Å². The molecule has 0 spiro atoms.